The van der Waals surface area contributed by atoms with Gasteiger partial charge in [-0.2, -0.15) is 0 Å². The van der Waals surface area contributed by atoms with Crippen LogP contribution in [0.25, 0.3) is 21.7 Å². The SMILES string of the molecule is CN(C)c1ccc2nc(N)c3cc[nH]c(=O)c3c2c1. The van der Waals surface area contributed by atoms with Gasteiger partial charge in [0.05, 0.1) is 10.9 Å². The first-order valence-electron chi connectivity index (χ1n) is 5.96. The van der Waals surface area contributed by atoms with Crippen LogP contribution in [0.2, 0.25) is 0 Å². The Morgan fingerprint density at radius 2 is 2.00 bits per heavy atom. The van der Waals surface area contributed by atoms with Crippen LogP contribution in [-0.2, 0) is 0 Å². The second kappa shape index (κ2) is 3.98. The molecule has 3 aromatic rings. The largest absolute Gasteiger partial charge is 0.383 e. The maximum atomic E-state index is 12.1. The highest BCUT2D eigenvalue weighted by molar-refractivity contribution is 6.09. The number of nitrogens with zero attached hydrogens (tertiary/aromatic N) is 2. The average molecular weight is 254 g/mol. The van der Waals surface area contributed by atoms with E-state index in [2.05, 4.69) is 9.97 Å². The number of fused-ring (bicyclic) bond motifs is 3. The number of anilines is 2. The van der Waals surface area contributed by atoms with Gasteiger partial charge in [0.25, 0.3) is 5.56 Å². The molecule has 3 rings (SSSR count). The number of hydrogen-bond acceptors (Lipinski definition) is 4. The molecule has 3 N–H and O–H groups in total. The van der Waals surface area contributed by atoms with Crippen molar-refractivity contribution < 1.29 is 0 Å². The third-order valence-electron chi connectivity index (χ3n) is 3.24. The van der Waals surface area contributed by atoms with Crippen molar-refractivity contribution in [2.75, 3.05) is 24.7 Å². The zero-order valence-electron chi connectivity index (χ0n) is 10.8. The first kappa shape index (κ1) is 11.5. The van der Waals surface area contributed by atoms with Gasteiger partial charge in [-0.15, -0.1) is 0 Å². The molecule has 0 fully saturated rings. The lowest BCUT2D eigenvalue weighted by molar-refractivity contribution is 1.13. The molecule has 0 saturated carbocycles. The molecule has 0 aliphatic heterocycles. The number of hydrogen-bond donors (Lipinski definition) is 2. The standard InChI is InChI=1S/C14H14N4O/c1-18(2)8-3-4-11-10(7-8)12-9(13(15)17-11)5-6-16-14(12)19/h3-7H,1-2H3,(H2,15,17)(H,16,19). The predicted molar refractivity (Wildman–Crippen MR) is 78.6 cm³/mol. The van der Waals surface area contributed by atoms with Crippen molar-refractivity contribution in [2.45, 2.75) is 0 Å². The number of nitrogen functional groups attached to an aromatic ring is 1. The van der Waals surface area contributed by atoms with Gasteiger partial charge in [-0.3, -0.25) is 4.79 Å². The van der Waals surface area contributed by atoms with Gasteiger partial charge in [0.2, 0.25) is 0 Å². The lowest BCUT2D eigenvalue weighted by atomic mass is 10.1. The molecule has 2 aromatic heterocycles. The third kappa shape index (κ3) is 1.71. The van der Waals surface area contributed by atoms with Crippen molar-refractivity contribution >= 4 is 33.2 Å². The molecule has 0 aliphatic rings. The smallest absolute Gasteiger partial charge is 0.256 e. The number of nitrogens with one attached hydrogen (secondary N) is 1. The van der Waals surface area contributed by atoms with E-state index >= 15 is 0 Å². The van der Waals surface area contributed by atoms with Crippen molar-refractivity contribution in [3.05, 3.63) is 40.8 Å². The minimum atomic E-state index is -0.146. The van der Waals surface area contributed by atoms with E-state index in [1.807, 2.05) is 37.2 Å². The van der Waals surface area contributed by atoms with Gasteiger partial charge in [0.1, 0.15) is 5.82 Å². The quantitative estimate of drug-likeness (QED) is 0.648. The van der Waals surface area contributed by atoms with E-state index in [1.165, 1.54) is 0 Å². The lowest BCUT2D eigenvalue weighted by Crippen LogP contribution is -2.10. The summed E-state index contributed by atoms with van der Waals surface area (Å²) in [6.07, 6.45) is 1.59. The van der Waals surface area contributed by atoms with Crippen LogP contribution in [-0.4, -0.2) is 24.1 Å². The Balaban J connectivity index is 2.55. The second-order valence-corrected chi connectivity index (χ2v) is 4.69. The van der Waals surface area contributed by atoms with E-state index in [1.54, 1.807) is 12.3 Å². The number of aromatic amines is 1. The van der Waals surface area contributed by atoms with Gasteiger partial charge < -0.3 is 15.6 Å². The molecule has 0 aliphatic carbocycles. The Hall–Kier alpha value is -2.56. The van der Waals surface area contributed by atoms with Crippen LogP contribution < -0.4 is 16.2 Å². The van der Waals surface area contributed by atoms with Crippen LogP contribution in [0.15, 0.2) is 35.3 Å². The van der Waals surface area contributed by atoms with E-state index in [-0.39, 0.29) is 5.56 Å². The normalized spacial score (nSPS) is 11.1. The highest BCUT2D eigenvalue weighted by atomic mass is 16.1. The maximum absolute atomic E-state index is 12.1. The lowest BCUT2D eigenvalue weighted by Gasteiger charge is -2.13. The Morgan fingerprint density at radius 3 is 2.74 bits per heavy atom. The average Bonchev–Trinajstić information content (AvgIpc) is 2.38. The van der Waals surface area contributed by atoms with E-state index < -0.39 is 0 Å². The fourth-order valence-electron chi connectivity index (χ4n) is 2.25. The Kier molecular flexibility index (Phi) is 2.41. The van der Waals surface area contributed by atoms with Gasteiger partial charge in [0.15, 0.2) is 0 Å². The summed E-state index contributed by atoms with van der Waals surface area (Å²) in [5.74, 6) is 0.381. The summed E-state index contributed by atoms with van der Waals surface area (Å²) in [6, 6.07) is 7.57. The molecule has 0 bridgehead atoms. The Labute approximate surface area is 109 Å². The highest BCUT2D eigenvalue weighted by Gasteiger charge is 2.10. The van der Waals surface area contributed by atoms with Gasteiger partial charge in [-0.1, -0.05) is 0 Å². The number of nitrogens with two attached hydrogens (primary N) is 1. The van der Waals surface area contributed by atoms with Crippen LogP contribution in [0.5, 0.6) is 0 Å². The summed E-state index contributed by atoms with van der Waals surface area (Å²) in [6.45, 7) is 0. The summed E-state index contributed by atoms with van der Waals surface area (Å²) < 4.78 is 0. The van der Waals surface area contributed by atoms with Gasteiger partial charge >= 0.3 is 0 Å². The highest BCUT2D eigenvalue weighted by Crippen LogP contribution is 2.27. The predicted octanol–water partition coefficient (Wildman–Crippen LogP) is 1.72. The molecule has 5 heteroatoms. The number of aromatic nitrogens is 2. The van der Waals surface area contributed by atoms with Crippen LogP contribution in [0.4, 0.5) is 11.5 Å². The number of benzene rings is 1. The molecule has 0 unspecified atom stereocenters. The summed E-state index contributed by atoms with van der Waals surface area (Å²) in [5.41, 5.74) is 7.52. The fraction of sp³-hybridized carbons (Fsp3) is 0.143. The third-order valence-corrected chi connectivity index (χ3v) is 3.24. The molecule has 5 nitrogen and oxygen atoms in total. The first-order chi connectivity index (χ1) is 9.08. The minimum Gasteiger partial charge on any atom is -0.383 e. The van der Waals surface area contributed by atoms with Crippen molar-refractivity contribution in [1.29, 1.82) is 0 Å². The van der Waals surface area contributed by atoms with Crippen molar-refractivity contribution in [3.8, 4) is 0 Å². The van der Waals surface area contributed by atoms with E-state index in [9.17, 15) is 4.79 Å². The molecular weight excluding hydrogens is 240 g/mol. The molecular formula is C14H14N4O. The molecule has 2 heterocycles. The van der Waals surface area contributed by atoms with Crippen LogP contribution in [0.3, 0.4) is 0 Å². The molecule has 96 valence electrons. The van der Waals surface area contributed by atoms with Crippen molar-refractivity contribution in [3.63, 3.8) is 0 Å². The van der Waals surface area contributed by atoms with Gasteiger partial charge in [-0.25, -0.2) is 4.98 Å². The minimum absolute atomic E-state index is 0.146. The molecule has 19 heavy (non-hydrogen) atoms. The van der Waals surface area contributed by atoms with Crippen molar-refractivity contribution in [2.24, 2.45) is 0 Å². The fourth-order valence-corrected chi connectivity index (χ4v) is 2.25. The monoisotopic (exact) mass is 254 g/mol. The first-order valence-corrected chi connectivity index (χ1v) is 5.96. The Morgan fingerprint density at radius 1 is 1.21 bits per heavy atom. The molecule has 0 atom stereocenters. The molecule has 0 saturated heterocycles. The van der Waals surface area contributed by atoms with Crippen molar-refractivity contribution in [1.82, 2.24) is 9.97 Å². The topological polar surface area (TPSA) is 75.0 Å². The molecule has 0 radical (unpaired) electrons. The maximum Gasteiger partial charge on any atom is 0.256 e. The molecule has 0 amide bonds. The molecule has 0 spiro atoms. The summed E-state index contributed by atoms with van der Waals surface area (Å²) in [7, 11) is 3.91. The van der Waals surface area contributed by atoms with Gasteiger partial charge in [0, 0.05) is 36.8 Å². The number of pyridine rings is 2. The van der Waals surface area contributed by atoms with E-state index in [0.717, 1.165) is 16.6 Å². The van der Waals surface area contributed by atoms with Crippen LogP contribution >= 0.6 is 0 Å². The number of H-pyrrole nitrogens is 1. The number of rotatable bonds is 1. The zero-order chi connectivity index (χ0) is 13.6. The van der Waals surface area contributed by atoms with E-state index in [4.69, 9.17) is 5.73 Å². The second-order valence-electron chi connectivity index (χ2n) is 4.69. The van der Waals surface area contributed by atoms with Crippen LogP contribution in [0.1, 0.15) is 0 Å². The van der Waals surface area contributed by atoms with Gasteiger partial charge in [-0.05, 0) is 24.3 Å². The summed E-state index contributed by atoms with van der Waals surface area (Å²) in [4.78, 5) is 21.1. The zero-order valence-corrected chi connectivity index (χ0v) is 10.8. The summed E-state index contributed by atoms with van der Waals surface area (Å²) >= 11 is 0. The van der Waals surface area contributed by atoms with E-state index in [0.29, 0.717) is 16.6 Å². The summed E-state index contributed by atoms with van der Waals surface area (Å²) in [5, 5.41) is 2.10. The molecule has 1 aromatic carbocycles. The Bertz CT molecular complexity index is 836. The van der Waals surface area contributed by atoms with Crippen LogP contribution in [0, 0.1) is 0 Å².